The van der Waals surface area contributed by atoms with Gasteiger partial charge in [-0.2, -0.15) is 0 Å². The van der Waals surface area contributed by atoms with Gasteiger partial charge >= 0.3 is 0 Å². The number of unbranched alkanes of at least 4 members (excludes halogenated alkanes) is 1. The van der Waals surface area contributed by atoms with Crippen molar-refractivity contribution >= 4 is 5.91 Å². The normalized spacial score (nSPS) is 14.2. The smallest absolute Gasteiger partial charge is 0.234 e. The van der Waals surface area contributed by atoms with E-state index in [4.69, 9.17) is 5.73 Å². The van der Waals surface area contributed by atoms with Gasteiger partial charge in [-0.25, -0.2) is 0 Å². The minimum Gasteiger partial charge on any atom is -0.368 e. The molecule has 1 aromatic carbocycles. The highest BCUT2D eigenvalue weighted by Crippen LogP contribution is 2.23. The molecule has 0 aromatic heterocycles. The maximum absolute atomic E-state index is 11.2. The third-order valence-corrected chi connectivity index (χ3v) is 3.68. The van der Waals surface area contributed by atoms with Crippen LogP contribution in [0.5, 0.6) is 0 Å². The fraction of sp³-hybridized carbons (Fsp3) is 0.588. The number of aryl methyl sites for hydroxylation is 1. The first-order valence-corrected chi connectivity index (χ1v) is 7.59. The lowest BCUT2D eigenvalue weighted by Crippen LogP contribution is -2.42. The van der Waals surface area contributed by atoms with Crippen molar-refractivity contribution in [3.8, 4) is 0 Å². The number of nitrogens with two attached hydrogens (primary N) is 1. The van der Waals surface area contributed by atoms with E-state index < -0.39 is 0 Å². The molecule has 1 amide bonds. The summed E-state index contributed by atoms with van der Waals surface area (Å²) in [7, 11) is 0. The molecule has 0 saturated heterocycles. The quantitative estimate of drug-likeness (QED) is 0.766. The van der Waals surface area contributed by atoms with Crippen molar-refractivity contribution in [2.24, 2.45) is 11.7 Å². The molecule has 1 aromatic rings. The van der Waals surface area contributed by atoms with Crippen LogP contribution in [0.15, 0.2) is 24.3 Å². The number of benzene rings is 1. The molecule has 0 unspecified atom stereocenters. The second-order valence-electron chi connectivity index (χ2n) is 5.86. The number of primary amides is 1. The van der Waals surface area contributed by atoms with Gasteiger partial charge in [0.05, 0.1) is 6.04 Å². The highest BCUT2D eigenvalue weighted by molar-refractivity contribution is 5.79. The van der Waals surface area contributed by atoms with Crippen LogP contribution in [-0.2, 0) is 11.2 Å². The van der Waals surface area contributed by atoms with Crippen molar-refractivity contribution in [3.63, 3.8) is 0 Å². The average molecular weight is 276 g/mol. The first kappa shape index (κ1) is 16.7. The van der Waals surface area contributed by atoms with Crippen molar-refractivity contribution in [1.29, 1.82) is 0 Å². The van der Waals surface area contributed by atoms with Crippen LogP contribution in [-0.4, -0.2) is 11.9 Å². The number of rotatable bonds is 8. The average Bonchev–Trinajstić information content (AvgIpc) is 2.42. The Kier molecular flexibility index (Phi) is 6.73. The monoisotopic (exact) mass is 276 g/mol. The van der Waals surface area contributed by atoms with Crippen LogP contribution >= 0.6 is 0 Å². The number of hydrogen-bond acceptors (Lipinski definition) is 2. The molecule has 0 aliphatic rings. The highest BCUT2D eigenvalue weighted by Gasteiger charge is 2.20. The Morgan fingerprint density at radius 3 is 2.25 bits per heavy atom. The van der Waals surface area contributed by atoms with E-state index >= 15 is 0 Å². The topological polar surface area (TPSA) is 55.1 Å². The van der Waals surface area contributed by atoms with Crippen LogP contribution in [0.1, 0.15) is 57.7 Å². The molecular weight excluding hydrogens is 248 g/mol. The van der Waals surface area contributed by atoms with Gasteiger partial charge in [-0.1, -0.05) is 51.5 Å². The fourth-order valence-corrected chi connectivity index (χ4v) is 2.30. The van der Waals surface area contributed by atoms with E-state index in [-0.39, 0.29) is 18.0 Å². The molecule has 3 nitrogen and oxygen atoms in total. The van der Waals surface area contributed by atoms with E-state index in [1.54, 1.807) is 0 Å². The minimum absolute atomic E-state index is 0.151. The molecule has 0 fully saturated rings. The van der Waals surface area contributed by atoms with Crippen LogP contribution in [0.3, 0.4) is 0 Å². The van der Waals surface area contributed by atoms with Gasteiger partial charge in [-0.3, -0.25) is 10.1 Å². The van der Waals surface area contributed by atoms with Crippen molar-refractivity contribution < 1.29 is 4.79 Å². The Balaban J connectivity index is 2.79. The molecule has 0 bridgehead atoms. The third kappa shape index (κ3) is 4.97. The summed E-state index contributed by atoms with van der Waals surface area (Å²) in [5.74, 6) is 0.0912. The van der Waals surface area contributed by atoms with Crippen molar-refractivity contribution in [2.75, 3.05) is 0 Å². The number of amides is 1. The van der Waals surface area contributed by atoms with Gasteiger partial charge in [0.2, 0.25) is 5.91 Å². The number of carbonyl (C=O) groups excluding carboxylic acids is 1. The molecule has 0 radical (unpaired) electrons. The van der Waals surface area contributed by atoms with Gasteiger partial charge in [-0.05, 0) is 36.8 Å². The first-order valence-electron chi connectivity index (χ1n) is 7.59. The molecule has 3 N–H and O–H groups in total. The Bertz CT molecular complexity index is 412. The lowest BCUT2D eigenvalue weighted by atomic mass is 9.94. The van der Waals surface area contributed by atoms with E-state index in [9.17, 15) is 4.79 Å². The summed E-state index contributed by atoms with van der Waals surface area (Å²) in [6, 6.07) is 8.54. The fourth-order valence-electron chi connectivity index (χ4n) is 2.30. The lowest BCUT2D eigenvalue weighted by molar-refractivity contribution is -0.119. The second kappa shape index (κ2) is 8.05. The largest absolute Gasteiger partial charge is 0.368 e. The zero-order valence-corrected chi connectivity index (χ0v) is 13.1. The van der Waals surface area contributed by atoms with Crippen LogP contribution in [0.2, 0.25) is 0 Å². The summed E-state index contributed by atoms with van der Waals surface area (Å²) in [4.78, 5) is 11.2. The zero-order valence-electron chi connectivity index (χ0n) is 13.1. The van der Waals surface area contributed by atoms with Gasteiger partial charge in [0, 0.05) is 6.04 Å². The van der Waals surface area contributed by atoms with Crippen LogP contribution in [0, 0.1) is 5.92 Å². The van der Waals surface area contributed by atoms with Gasteiger partial charge in [0.15, 0.2) is 0 Å². The first-order chi connectivity index (χ1) is 9.45. The van der Waals surface area contributed by atoms with E-state index in [0.717, 1.165) is 6.42 Å². The number of carbonyl (C=O) groups is 1. The standard InChI is InChI=1S/C17H28N2O/c1-5-6-7-14-8-10-15(11-9-14)16(12(2)3)19-13(4)17(18)20/h8-13,16,19H,5-7H2,1-4H3,(H2,18,20)/t13-,16+/m1/s1. The second-order valence-corrected chi connectivity index (χ2v) is 5.86. The molecule has 112 valence electrons. The minimum atomic E-state index is -0.317. The van der Waals surface area contributed by atoms with E-state index in [0.29, 0.717) is 5.92 Å². The van der Waals surface area contributed by atoms with Gasteiger partial charge in [0.1, 0.15) is 0 Å². The lowest BCUT2D eigenvalue weighted by Gasteiger charge is -2.25. The Morgan fingerprint density at radius 2 is 1.80 bits per heavy atom. The summed E-state index contributed by atoms with van der Waals surface area (Å²) >= 11 is 0. The molecule has 0 saturated carbocycles. The molecule has 20 heavy (non-hydrogen) atoms. The Hall–Kier alpha value is -1.35. The molecule has 1 rings (SSSR count). The summed E-state index contributed by atoms with van der Waals surface area (Å²) < 4.78 is 0. The summed E-state index contributed by atoms with van der Waals surface area (Å²) in [6.45, 7) is 8.32. The third-order valence-electron chi connectivity index (χ3n) is 3.68. The van der Waals surface area contributed by atoms with Gasteiger partial charge in [-0.15, -0.1) is 0 Å². The maximum Gasteiger partial charge on any atom is 0.234 e. The number of hydrogen-bond donors (Lipinski definition) is 2. The Labute approximate surface area is 122 Å². The summed E-state index contributed by atoms with van der Waals surface area (Å²) in [6.07, 6.45) is 3.58. The van der Waals surface area contributed by atoms with E-state index in [1.165, 1.54) is 24.0 Å². The summed E-state index contributed by atoms with van der Waals surface area (Å²) in [5, 5.41) is 3.32. The SMILES string of the molecule is CCCCc1ccc([C@@H](N[C@H](C)C(N)=O)C(C)C)cc1. The maximum atomic E-state index is 11.2. The molecule has 0 aliphatic heterocycles. The van der Waals surface area contributed by atoms with Gasteiger partial charge in [0.25, 0.3) is 0 Å². The highest BCUT2D eigenvalue weighted by atomic mass is 16.1. The van der Waals surface area contributed by atoms with Crippen molar-refractivity contribution in [1.82, 2.24) is 5.32 Å². The zero-order chi connectivity index (χ0) is 15.1. The van der Waals surface area contributed by atoms with Crippen LogP contribution in [0.25, 0.3) is 0 Å². The van der Waals surface area contributed by atoms with Crippen molar-refractivity contribution in [2.45, 2.75) is 59.0 Å². The molecule has 3 heteroatoms. The van der Waals surface area contributed by atoms with Crippen molar-refractivity contribution in [3.05, 3.63) is 35.4 Å². The van der Waals surface area contributed by atoms with E-state index in [2.05, 4.69) is 50.4 Å². The molecule has 0 spiro atoms. The molecular formula is C17H28N2O. The summed E-state index contributed by atoms with van der Waals surface area (Å²) in [5.41, 5.74) is 7.93. The predicted molar refractivity (Wildman–Crippen MR) is 84.4 cm³/mol. The van der Waals surface area contributed by atoms with Gasteiger partial charge < -0.3 is 5.73 Å². The molecule has 2 atom stereocenters. The number of nitrogens with one attached hydrogen (secondary N) is 1. The Morgan fingerprint density at radius 1 is 1.20 bits per heavy atom. The van der Waals surface area contributed by atoms with Crippen LogP contribution in [0.4, 0.5) is 0 Å². The molecule has 0 aliphatic carbocycles. The molecule has 0 heterocycles. The van der Waals surface area contributed by atoms with Crippen LogP contribution < -0.4 is 11.1 Å². The van der Waals surface area contributed by atoms with E-state index in [1.807, 2.05) is 6.92 Å². The predicted octanol–water partition coefficient (Wildman–Crippen LogP) is 3.19.